The van der Waals surface area contributed by atoms with E-state index in [1.807, 2.05) is 0 Å². The molecular weight excluding hydrogens is 273 g/mol. The molecule has 5 nitrogen and oxygen atoms in total. The van der Waals surface area contributed by atoms with Crippen molar-refractivity contribution < 1.29 is 13.9 Å². The fourth-order valence-electron chi connectivity index (χ4n) is 1.39. The van der Waals surface area contributed by atoms with E-state index >= 15 is 0 Å². The molecule has 1 amide bonds. The van der Waals surface area contributed by atoms with Crippen LogP contribution >= 0.6 is 11.6 Å². The van der Waals surface area contributed by atoms with Crippen molar-refractivity contribution in [1.82, 2.24) is 9.97 Å². The number of halogens is 2. The lowest BCUT2D eigenvalue weighted by Crippen LogP contribution is -2.14. The maximum atomic E-state index is 13.4. The van der Waals surface area contributed by atoms with Crippen molar-refractivity contribution >= 4 is 23.2 Å². The first kappa shape index (κ1) is 13.2. The molecule has 0 spiro atoms. The lowest BCUT2D eigenvalue weighted by atomic mass is 10.2. The zero-order valence-electron chi connectivity index (χ0n) is 9.85. The molecule has 0 aliphatic heterocycles. The first-order chi connectivity index (χ1) is 9.10. The first-order valence-corrected chi connectivity index (χ1v) is 5.60. The molecule has 1 aromatic heterocycles. The second kappa shape index (κ2) is 5.62. The number of hydrogen-bond acceptors (Lipinski definition) is 4. The van der Waals surface area contributed by atoms with Crippen LogP contribution in [0, 0.1) is 5.82 Å². The summed E-state index contributed by atoms with van der Waals surface area (Å²) in [6, 6.07) is 4.07. The second-order valence-corrected chi connectivity index (χ2v) is 3.92. The first-order valence-electron chi connectivity index (χ1n) is 5.22. The molecule has 1 aromatic carbocycles. The van der Waals surface area contributed by atoms with E-state index in [1.54, 1.807) is 0 Å². The molecule has 1 heterocycles. The average Bonchev–Trinajstić information content (AvgIpc) is 2.39. The molecule has 2 rings (SSSR count). The SMILES string of the molecule is COc1ccc(NC(=O)c2cncc(Cl)n2)cc1F. The fourth-order valence-corrected chi connectivity index (χ4v) is 1.54. The van der Waals surface area contributed by atoms with Gasteiger partial charge in [-0.1, -0.05) is 11.6 Å². The number of benzene rings is 1. The van der Waals surface area contributed by atoms with Gasteiger partial charge < -0.3 is 10.1 Å². The molecule has 0 saturated heterocycles. The average molecular weight is 282 g/mol. The third kappa shape index (κ3) is 3.17. The number of amides is 1. The Bertz CT molecular complexity index is 622. The van der Waals surface area contributed by atoms with Gasteiger partial charge in [-0.2, -0.15) is 0 Å². The zero-order valence-corrected chi connectivity index (χ0v) is 10.6. The number of carbonyl (C=O) groups excluding carboxylic acids is 1. The highest BCUT2D eigenvalue weighted by Gasteiger charge is 2.10. The van der Waals surface area contributed by atoms with Gasteiger partial charge in [0.25, 0.3) is 5.91 Å². The maximum absolute atomic E-state index is 13.4. The highest BCUT2D eigenvalue weighted by molar-refractivity contribution is 6.29. The smallest absolute Gasteiger partial charge is 0.275 e. The lowest BCUT2D eigenvalue weighted by Gasteiger charge is -2.06. The predicted octanol–water partition coefficient (Wildman–Crippen LogP) is 2.53. The molecule has 19 heavy (non-hydrogen) atoms. The second-order valence-electron chi connectivity index (χ2n) is 3.53. The Kier molecular flexibility index (Phi) is 3.91. The summed E-state index contributed by atoms with van der Waals surface area (Å²) in [7, 11) is 1.36. The summed E-state index contributed by atoms with van der Waals surface area (Å²) in [5.74, 6) is -1.00. The number of nitrogens with zero attached hydrogens (tertiary/aromatic N) is 2. The Morgan fingerprint density at radius 1 is 1.42 bits per heavy atom. The molecule has 0 aliphatic carbocycles. The number of anilines is 1. The van der Waals surface area contributed by atoms with E-state index in [-0.39, 0.29) is 22.3 Å². The summed E-state index contributed by atoms with van der Waals surface area (Å²) >= 11 is 5.63. The van der Waals surface area contributed by atoms with Gasteiger partial charge in [-0.3, -0.25) is 9.78 Å². The van der Waals surface area contributed by atoms with Crippen LogP contribution in [-0.2, 0) is 0 Å². The van der Waals surface area contributed by atoms with Gasteiger partial charge >= 0.3 is 0 Å². The van der Waals surface area contributed by atoms with E-state index < -0.39 is 11.7 Å². The van der Waals surface area contributed by atoms with Crippen LogP contribution in [0.1, 0.15) is 10.5 Å². The number of aromatic nitrogens is 2. The Hall–Kier alpha value is -2.21. The van der Waals surface area contributed by atoms with Crippen molar-refractivity contribution in [3.05, 3.63) is 47.3 Å². The van der Waals surface area contributed by atoms with Gasteiger partial charge in [-0.25, -0.2) is 9.37 Å². The van der Waals surface area contributed by atoms with Crippen molar-refractivity contribution in [2.24, 2.45) is 0 Å². The fraction of sp³-hybridized carbons (Fsp3) is 0.0833. The number of methoxy groups -OCH3 is 1. The maximum Gasteiger partial charge on any atom is 0.275 e. The van der Waals surface area contributed by atoms with Crippen LogP contribution < -0.4 is 10.1 Å². The molecule has 0 aliphatic rings. The minimum atomic E-state index is -0.572. The quantitative estimate of drug-likeness (QED) is 0.939. The number of hydrogen-bond donors (Lipinski definition) is 1. The van der Waals surface area contributed by atoms with E-state index in [9.17, 15) is 9.18 Å². The highest BCUT2D eigenvalue weighted by Crippen LogP contribution is 2.20. The van der Waals surface area contributed by atoms with Gasteiger partial charge in [0.1, 0.15) is 10.8 Å². The summed E-state index contributed by atoms with van der Waals surface area (Å²) in [6.45, 7) is 0. The topological polar surface area (TPSA) is 64.1 Å². The van der Waals surface area contributed by atoms with Gasteiger partial charge in [-0.15, -0.1) is 0 Å². The van der Waals surface area contributed by atoms with Gasteiger partial charge in [0.2, 0.25) is 0 Å². The van der Waals surface area contributed by atoms with Crippen LogP contribution in [0.4, 0.5) is 10.1 Å². The van der Waals surface area contributed by atoms with Crippen molar-refractivity contribution in [1.29, 1.82) is 0 Å². The number of nitrogens with one attached hydrogen (secondary N) is 1. The third-order valence-electron chi connectivity index (χ3n) is 2.25. The summed E-state index contributed by atoms with van der Waals surface area (Å²) in [6.07, 6.45) is 2.58. The van der Waals surface area contributed by atoms with Crippen molar-refractivity contribution in [2.75, 3.05) is 12.4 Å². The normalized spacial score (nSPS) is 10.1. The van der Waals surface area contributed by atoms with Gasteiger partial charge in [-0.05, 0) is 12.1 Å². The predicted molar refractivity (Wildman–Crippen MR) is 67.9 cm³/mol. The number of rotatable bonds is 3. The summed E-state index contributed by atoms with van der Waals surface area (Å²) in [5.41, 5.74) is 0.328. The van der Waals surface area contributed by atoms with E-state index in [2.05, 4.69) is 15.3 Å². The Morgan fingerprint density at radius 3 is 2.84 bits per heavy atom. The minimum absolute atomic E-state index is 0.0451. The largest absolute Gasteiger partial charge is 0.494 e. The summed E-state index contributed by atoms with van der Waals surface area (Å²) < 4.78 is 18.2. The highest BCUT2D eigenvalue weighted by atomic mass is 35.5. The van der Waals surface area contributed by atoms with Gasteiger partial charge in [0.15, 0.2) is 11.6 Å². The van der Waals surface area contributed by atoms with E-state index in [0.29, 0.717) is 0 Å². The monoisotopic (exact) mass is 281 g/mol. The van der Waals surface area contributed by atoms with Crippen molar-refractivity contribution in [3.8, 4) is 5.75 Å². The van der Waals surface area contributed by atoms with Crippen LogP contribution in [-0.4, -0.2) is 23.0 Å². The molecule has 1 N–H and O–H groups in total. The molecule has 0 bridgehead atoms. The molecule has 0 unspecified atom stereocenters. The van der Waals surface area contributed by atoms with Crippen LogP contribution in [0.15, 0.2) is 30.6 Å². The van der Waals surface area contributed by atoms with Crippen LogP contribution in [0.2, 0.25) is 5.15 Å². The summed E-state index contributed by atoms with van der Waals surface area (Å²) in [4.78, 5) is 19.3. The summed E-state index contributed by atoms with van der Waals surface area (Å²) in [5, 5.41) is 2.59. The van der Waals surface area contributed by atoms with Crippen LogP contribution in [0.3, 0.4) is 0 Å². The minimum Gasteiger partial charge on any atom is -0.494 e. The number of carbonyl (C=O) groups is 1. The standard InChI is InChI=1S/C12H9ClFN3O2/c1-19-10-3-2-7(4-8(10)14)16-12(18)9-5-15-6-11(13)17-9/h2-6H,1H3,(H,16,18). The van der Waals surface area contributed by atoms with Crippen LogP contribution in [0.25, 0.3) is 0 Å². The Morgan fingerprint density at radius 2 is 2.21 bits per heavy atom. The van der Waals surface area contributed by atoms with E-state index in [4.69, 9.17) is 16.3 Å². The molecule has 2 aromatic rings. The van der Waals surface area contributed by atoms with Crippen molar-refractivity contribution in [3.63, 3.8) is 0 Å². The molecule has 98 valence electrons. The molecule has 0 saturated carbocycles. The third-order valence-corrected chi connectivity index (χ3v) is 2.43. The number of ether oxygens (including phenoxy) is 1. The van der Waals surface area contributed by atoms with Crippen LogP contribution in [0.5, 0.6) is 5.75 Å². The molecule has 7 heteroatoms. The molecular formula is C12H9ClFN3O2. The lowest BCUT2D eigenvalue weighted by molar-refractivity contribution is 0.102. The molecule has 0 atom stereocenters. The van der Waals surface area contributed by atoms with Gasteiger partial charge in [0.05, 0.1) is 19.5 Å². The molecule has 0 radical (unpaired) electrons. The van der Waals surface area contributed by atoms with Crippen molar-refractivity contribution in [2.45, 2.75) is 0 Å². The Balaban J connectivity index is 2.17. The van der Waals surface area contributed by atoms with Gasteiger partial charge in [0, 0.05) is 11.8 Å². The van der Waals surface area contributed by atoms with E-state index in [1.165, 1.54) is 31.6 Å². The van der Waals surface area contributed by atoms with E-state index in [0.717, 1.165) is 6.07 Å². The zero-order chi connectivity index (χ0) is 13.8. The Labute approximate surface area is 113 Å². The molecule has 0 fully saturated rings.